The molecule has 6 nitrogen and oxygen atoms in total. The van der Waals surface area contributed by atoms with Crippen molar-refractivity contribution in [1.82, 2.24) is 9.80 Å². The van der Waals surface area contributed by atoms with Crippen LogP contribution in [0.25, 0.3) is 0 Å². The molecule has 0 saturated carbocycles. The topological polar surface area (TPSA) is 88.2 Å². The van der Waals surface area contributed by atoms with Crippen LogP contribution in [-0.4, -0.2) is 48.8 Å². The van der Waals surface area contributed by atoms with Gasteiger partial charge in [0.15, 0.2) is 0 Å². The van der Waals surface area contributed by atoms with E-state index in [0.29, 0.717) is 19.5 Å². The van der Waals surface area contributed by atoms with E-state index >= 15 is 0 Å². The molecular weight excluding hydrogens is 244 g/mol. The Kier molecular flexibility index (Phi) is 12.6. The van der Waals surface area contributed by atoms with Crippen LogP contribution in [0.3, 0.4) is 0 Å². The molecule has 106 valence electrons. The molecule has 0 fully saturated rings. The predicted molar refractivity (Wildman–Crippen MR) is 71.7 cm³/mol. The molecule has 0 aromatic heterocycles. The summed E-state index contributed by atoms with van der Waals surface area (Å²) >= 11 is 0. The summed E-state index contributed by atoms with van der Waals surface area (Å²) in [6.07, 6.45) is 0.376. The smallest absolute Gasteiger partial charge is 0.236 e. The van der Waals surface area contributed by atoms with Gasteiger partial charge in [-0.1, -0.05) is 13.8 Å². The zero-order valence-electron chi connectivity index (χ0n) is 12.1. The first-order chi connectivity index (χ1) is 9.02. The van der Waals surface area contributed by atoms with Crippen LogP contribution in [0.15, 0.2) is 0 Å². The van der Waals surface area contributed by atoms with Gasteiger partial charge in [0.2, 0.25) is 11.8 Å². The van der Waals surface area contributed by atoms with Crippen LogP contribution in [0.1, 0.15) is 33.1 Å². The van der Waals surface area contributed by atoms with Crippen molar-refractivity contribution >= 4 is 11.8 Å². The van der Waals surface area contributed by atoms with Crippen LogP contribution >= 0.6 is 0 Å². The second-order valence-corrected chi connectivity index (χ2v) is 3.65. The van der Waals surface area contributed by atoms with Gasteiger partial charge in [-0.05, 0) is 6.42 Å². The number of nitrogens with zero attached hydrogens (tertiary/aromatic N) is 4. The summed E-state index contributed by atoms with van der Waals surface area (Å²) in [7, 11) is 3.24. The molecule has 0 saturated heterocycles. The fourth-order valence-corrected chi connectivity index (χ4v) is 1.20. The molecule has 0 unspecified atom stereocenters. The van der Waals surface area contributed by atoms with Crippen molar-refractivity contribution in [2.75, 3.05) is 27.2 Å². The van der Waals surface area contributed by atoms with E-state index in [1.54, 1.807) is 26.2 Å². The number of carbonyl (C=O) groups is 2. The average molecular weight is 266 g/mol. The van der Waals surface area contributed by atoms with Gasteiger partial charge in [0.25, 0.3) is 0 Å². The van der Waals surface area contributed by atoms with E-state index in [9.17, 15) is 9.59 Å². The third-order valence-corrected chi connectivity index (χ3v) is 2.30. The van der Waals surface area contributed by atoms with E-state index in [-0.39, 0.29) is 24.7 Å². The lowest BCUT2D eigenvalue weighted by Gasteiger charge is -2.19. The largest absolute Gasteiger partial charge is 0.345 e. The predicted octanol–water partition coefficient (Wildman–Crippen LogP) is 1.15. The second-order valence-electron chi connectivity index (χ2n) is 3.65. The third kappa shape index (κ3) is 9.61. The first-order valence-corrected chi connectivity index (χ1v) is 6.24. The highest BCUT2D eigenvalue weighted by Gasteiger charge is 2.10. The molecule has 0 rings (SSSR count). The lowest BCUT2D eigenvalue weighted by Crippen LogP contribution is -2.32. The molecule has 6 heteroatoms. The Bertz CT molecular complexity index is 321. The van der Waals surface area contributed by atoms with Crippen molar-refractivity contribution in [3.63, 3.8) is 0 Å². The highest BCUT2D eigenvalue weighted by Crippen LogP contribution is 1.96. The van der Waals surface area contributed by atoms with Crippen LogP contribution < -0.4 is 0 Å². The molecule has 0 aliphatic rings. The van der Waals surface area contributed by atoms with Gasteiger partial charge < -0.3 is 9.80 Å². The molecule has 0 aliphatic heterocycles. The Hall–Kier alpha value is -2.08. The van der Waals surface area contributed by atoms with E-state index in [2.05, 4.69) is 0 Å². The highest BCUT2D eigenvalue weighted by atomic mass is 16.2. The van der Waals surface area contributed by atoms with E-state index < -0.39 is 0 Å². The minimum atomic E-state index is -0.224. The highest BCUT2D eigenvalue weighted by molar-refractivity contribution is 5.78. The first-order valence-electron chi connectivity index (χ1n) is 6.24. The maximum Gasteiger partial charge on any atom is 0.236 e. The number of amides is 2. The Morgan fingerprint density at radius 2 is 1.21 bits per heavy atom. The number of rotatable bonds is 6. The van der Waals surface area contributed by atoms with E-state index in [4.69, 9.17) is 10.5 Å². The molecule has 0 aliphatic carbocycles. The summed E-state index contributed by atoms with van der Waals surface area (Å²) < 4.78 is 0. The van der Waals surface area contributed by atoms with Gasteiger partial charge in [-0.25, -0.2) is 0 Å². The third-order valence-electron chi connectivity index (χ3n) is 2.30. The molecule has 2 amide bonds. The average Bonchev–Trinajstić information content (AvgIpc) is 2.41. The van der Waals surface area contributed by atoms with E-state index in [1.165, 1.54) is 9.80 Å². The van der Waals surface area contributed by atoms with Crippen LogP contribution in [-0.2, 0) is 9.59 Å². The molecule has 0 N–H and O–H groups in total. The fourth-order valence-electron chi connectivity index (χ4n) is 1.20. The first kappa shape index (κ1) is 19.3. The summed E-state index contributed by atoms with van der Waals surface area (Å²) in [5.41, 5.74) is 0. The maximum atomic E-state index is 11.2. The molecular formula is C13H22N4O2. The van der Waals surface area contributed by atoms with Crippen LogP contribution in [0, 0.1) is 22.7 Å². The summed E-state index contributed by atoms with van der Waals surface area (Å²) in [6, 6.07) is 3.58. The zero-order chi connectivity index (χ0) is 15.3. The molecule has 19 heavy (non-hydrogen) atoms. The molecule has 0 bridgehead atoms. The quantitative estimate of drug-likeness (QED) is 0.721. The monoisotopic (exact) mass is 266 g/mol. The van der Waals surface area contributed by atoms with Gasteiger partial charge >= 0.3 is 0 Å². The SMILES string of the molecule is CC.CN(CCCN(C)C(=O)CC#N)C(=O)CC#N. The lowest BCUT2D eigenvalue weighted by molar-refractivity contribution is -0.129. The number of hydrogen-bond acceptors (Lipinski definition) is 4. The van der Waals surface area contributed by atoms with Gasteiger partial charge in [0.05, 0.1) is 12.1 Å². The van der Waals surface area contributed by atoms with Gasteiger partial charge in [0, 0.05) is 27.2 Å². The standard InChI is InChI=1S/C11H16N4O2.C2H6/c1-14(10(16)4-6-12)8-3-9-15(2)11(17)5-7-13;1-2/h3-5,8-9H2,1-2H3;1-2H3. The molecule has 0 aromatic rings. The fraction of sp³-hybridized carbons (Fsp3) is 0.692. The van der Waals surface area contributed by atoms with Gasteiger partial charge in [0.1, 0.15) is 12.8 Å². The zero-order valence-corrected chi connectivity index (χ0v) is 12.1. The maximum absolute atomic E-state index is 11.2. The molecule has 0 aromatic carbocycles. The number of carbonyl (C=O) groups excluding carboxylic acids is 2. The number of nitriles is 2. The molecule has 0 radical (unpaired) electrons. The van der Waals surface area contributed by atoms with Crippen LogP contribution in [0.5, 0.6) is 0 Å². The van der Waals surface area contributed by atoms with Crippen molar-refractivity contribution in [3.8, 4) is 12.1 Å². The summed E-state index contributed by atoms with van der Waals surface area (Å²) in [6.45, 7) is 4.98. The van der Waals surface area contributed by atoms with Crippen molar-refractivity contribution < 1.29 is 9.59 Å². The Labute approximate surface area is 115 Å². The molecule has 0 atom stereocenters. The van der Waals surface area contributed by atoms with Gasteiger partial charge in [-0.2, -0.15) is 10.5 Å². The Morgan fingerprint density at radius 3 is 1.47 bits per heavy atom. The lowest BCUT2D eigenvalue weighted by atomic mass is 10.3. The minimum absolute atomic E-state index is 0.125. The normalized spacial score (nSPS) is 8.32. The number of hydrogen-bond donors (Lipinski definition) is 0. The second kappa shape index (κ2) is 12.4. The minimum Gasteiger partial charge on any atom is -0.345 e. The summed E-state index contributed by atoms with van der Waals surface area (Å²) in [5.74, 6) is -0.447. The Morgan fingerprint density at radius 1 is 0.895 bits per heavy atom. The Balaban J connectivity index is 0. The summed E-state index contributed by atoms with van der Waals surface area (Å²) in [5, 5.41) is 16.7. The van der Waals surface area contributed by atoms with E-state index in [0.717, 1.165) is 0 Å². The molecule has 0 heterocycles. The van der Waals surface area contributed by atoms with Crippen molar-refractivity contribution in [3.05, 3.63) is 0 Å². The van der Waals surface area contributed by atoms with Crippen molar-refractivity contribution in [2.24, 2.45) is 0 Å². The van der Waals surface area contributed by atoms with E-state index in [1.807, 2.05) is 13.8 Å². The van der Waals surface area contributed by atoms with Gasteiger partial charge in [-0.15, -0.1) is 0 Å². The van der Waals surface area contributed by atoms with Crippen LogP contribution in [0.4, 0.5) is 0 Å². The van der Waals surface area contributed by atoms with Crippen molar-refractivity contribution in [2.45, 2.75) is 33.1 Å². The summed E-state index contributed by atoms with van der Waals surface area (Å²) in [4.78, 5) is 25.4. The molecule has 0 spiro atoms. The van der Waals surface area contributed by atoms with Gasteiger partial charge in [-0.3, -0.25) is 9.59 Å². The van der Waals surface area contributed by atoms with Crippen LogP contribution in [0.2, 0.25) is 0 Å². The van der Waals surface area contributed by atoms with Crippen molar-refractivity contribution in [1.29, 1.82) is 10.5 Å².